The first kappa shape index (κ1) is 20.0. The lowest BCUT2D eigenvalue weighted by molar-refractivity contribution is 0.0171. The lowest BCUT2D eigenvalue weighted by atomic mass is 10.1. The SMILES string of the molecule is CCNC(=NCCCOCC1CCCO1)NCCc1ccc(Cl)cc1. The second kappa shape index (κ2) is 12.1. The van der Waals surface area contributed by atoms with Crippen LogP contribution in [0.5, 0.6) is 0 Å². The van der Waals surface area contributed by atoms with Crippen LogP contribution < -0.4 is 10.6 Å². The molecule has 1 aromatic carbocycles. The quantitative estimate of drug-likeness (QED) is 0.379. The molecule has 2 N–H and O–H groups in total. The zero-order valence-electron chi connectivity index (χ0n) is 15.1. The van der Waals surface area contributed by atoms with E-state index >= 15 is 0 Å². The van der Waals surface area contributed by atoms with Crippen LogP contribution in [0.15, 0.2) is 29.3 Å². The molecule has 0 spiro atoms. The Balaban J connectivity index is 1.59. The molecular formula is C19H30ClN3O2. The molecule has 0 bridgehead atoms. The van der Waals surface area contributed by atoms with Crippen molar-refractivity contribution < 1.29 is 9.47 Å². The number of hydrogen-bond acceptors (Lipinski definition) is 3. The Morgan fingerprint density at radius 1 is 1.32 bits per heavy atom. The number of benzene rings is 1. The molecule has 1 saturated heterocycles. The minimum Gasteiger partial charge on any atom is -0.379 e. The zero-order valence-corrected chi connectivity index (χ0v) is 15.9. The summed E-state index contributed by atoms with van der Waals surface area (Å²) in [5.41, 5.74) is 1.26. The van der Waals surface area contributed by atoms with Gasteiger partial charge in [-0.05, 0) is 50.3 Å². The molecule has 1 heterocycles. The van der Waals surface area contributed by atoms with Gasteiger partial charge in [-0.1, -0.05) is 23.7 Å². The summed E-state index contributed by atoms with van der Waals surface area (Å²) < 4.78 is 11.2. The lowest BCUT2D eigenvalue weighted by Crippen LogP contribution is -2.38. The maximum absolute atomic E-state index is 5.91. The molecular weight excluding hydrogens is 338 g/mol. The van der Waals surface area contributed by atoms with Crippen LogP contribution in [0, 0.1) is 0 Å². The largest absolute Gasteiger partial charge is 0.379 e. The second-order valence-corrected chi connectivity index (χ2v) is 6.56. The van der Waals surface area contributed by atoms with Crippen LogP contribution in [0.25, 0.3) is 0 Å². The molecule has 1 aromatic rings. The number of rotatable bonds is 10. The highest BCUT2D eigenvalue weighted by Crippen LogP contribution is 2.12. The van der Waals surface area contributed by atoms with Crippen LogP contribution in [0.2, 0.25) is 5.02 Å². The molecule has 0 aliphatic carbocycles. The monoisotopic (exact) mass is 367 g/mol. The van der Waals surface area contributed by atoms with Crippen LogP contribution in [-0.2, 0) is 15.9 Å². The highest BCUT2D eigenvalue weighted by atomic mass is 35.5. The van der Waals surface area contributed by atoms with E-state index in [2.05, 4.69) is 34.7 Å². The average molecular weight is 368 g/mol. The summed E-state index contributed by atoms with van der Waals surface area (Å²) >= 11 is 5.91. The van der Waals surface area contributed by atoms with E-state index in [-0.39, 0.29) is 0 Å². The van der Waals surface area contributed by atoms with Gasteiger partial charge in [0.05, 0.1) is 12.7 Å². The van der Waals surface area contributed by atoms with E-state index in [0.29, 0.717) is 12.7 Å². The average Bonchev–Trinajstić information content (AvgIpc) is 3.13. The van der Waals surface area contributed by atoms with Crippen LogP contribution in [0.3, 0.4) is 0 Å². The van der Waals surface area contributed by atoms with Gasteiger partial charge < -0.3 is 20.1 Å². The summed E-state index contributed by atoms with van der Waals surface area (Å²) in [6.07, 6.45) is 4.44. The van der Waals surface area contributed by atoms with E-state index in [0.717, 1.165) is 69.5 Å². The van der Waals surface area contributed by atoms with Crippen LogP contribution in [0.1, 0.15) is 31.7 Å². The van der Waals surface area contributed by atoms with Crippen molar-refractivity contribution >= 4 is 17.6 Å². The van der Waals surface area contributed by atoms with Crippen molar-refractivity contribution in [1.82, 2.24) is 10.6 Å². The second-order valence-electron chi connectivity index (χ2n) is 6.13. The Kier molecular flexibility index (Phi) is 9.70. The maximum atomic E-state index is 5.91. The number of aliphatic imine (C=N–C) groups is 1. The highest BCUT2D eigenvalue weighted by Gasteiger charge is 2.14. The number of hydrogen-bond donors (Lipinski definition) is 2. The van der Waals surface area contributed by atoms with E-state index < -0.39 is 0 Å². The molecule has 1 aliphatic rings. The van der Waals surface area contributed by atoms with E-state index in [4.69, 9.17) is 21.1 Å². The Morgan fingerprint density at radius 3 is 2.88 bits per heavy atom. The van der Waals surface area contributed by atoms with Gasteiger partial charge in [0.25, 0.3) is 0 Å². The summed E-state index contributed by atoms with van der Waals surface area (Å²) in [5, 5.41) is 7.41. The molecule has 0 saturated carbocycles. The number of halogens is 1. The topological polar surface area (TPSA) is 54.9 Å². The third kappa shape index (κ3) is 8.56. The summed E-state index contributed by atoms with van der Waals surface area (Å²) in [6.45, 7) is 6.83. The molecule has 0 radical (unpaired) electrons. The van der Waals surface area contributed by atoms with Gasteiger partial charge in [-0.15, -0.1) is 0 Å². The van der Waals surface area contributed by atoms with Crippen molar-refractivity contribution in [2.45, 2.75) is 38.7 Å². The summed E-state index contributed by atoms with van der Waals surface area (Å²) in [4.78, 5) is 4.59. The number of ether oxygens (including phenoxy) is 2. The van der Waals surface area contributed by atoms with Gasteiger partial charge in [0.2, 0.25) is 0 Å². The van der Waals surface area contributed by atoms with E-state index in [9.17, 15) is 0 Å². The van der Waals surface area contributed by atoms with Gasteiger partial charge >= 0.3 is 0 Å². The van der Waals surface area contributed by atoms with Gasteiger partial charge in [0, 0.05) is 37.9 Å². The van der Waals surface area contributed by atoms with Gasteiger partial charge in [-0.25, -0.2) is 0 Å². The fraction of sp³-hybridized carbons (Fsp3) is 0.632. The van der Waals surface area contributed by atoms with E-state index in [1.165, 1.54) is 5.56 Å². The third-order valence-electron chi connectivity index (χ3n) is 4.01. The molecule has 6 heteroatoms. The molecule has 0 amide bonds. The van der Waals surface area contributed by atoms with Crippen molar-refractivity contribution in [1.29, 1.82) is 0 Å². The van der Waals surface area contributed by atoms with Gasteiger partial charge in [-0.3, -0.25) is 4.99 Å². The Labute approximate surface area is 156 Å². The number of nitrogens with one attached hydrogen (secondary N) is 2. The van der Waals surface area contributed by atoms with Crippen molar-refractivity contribution in [3.05, 3.63) is 34.9 Å². The van der Waals surface area contributed by atoms with Gasteiger partial charge in [0.1, 0.15) is 0 Å². The van der Waals surface area contributed by atoms with Crippen molar-refractivity contribution in [3.63, 3.8) is 0 Å². The number of guanidine groups is 1. The standard InChI is InChI=1S/C19H30ClN3O2/c1-2-21-19(23-12-10-16-6-8-17(20)9-7-16)22-11-4-13-24-15-18-5-3-14-25-18/h6-9,18H,2-5,10-15H2,1H3,(H2,21,22,23). The molecule has 25 heavy (non-hydrogen) atoms. The predicted octanol–water partition coefficient (Wildman–Crippen LogP) is 3.02. The fourth-order valence-electron chi connectivity index (χ4n) is 2.67. The molecule has 1 atom stereocenters. The summed E-state index contributed by atoms with van der Waals surface area (Å²) in [5.74, 6) is 0.857. The first-order chi connectivity index (χ1) is 12.3. The Morgan fingerprint density at radius 2 is 2.16 bits per heavy atom. The van der Waals surface area contributed by atoms with E-state index in [1.54, 1.807) is 0 Å². The van der Waals surface area contributed by atoms with Crippen LogP contribution >= 0.6 is 11.6 Å². The zero-order chi connectivity index (χ0) is 17.7. The summed E-state index contributed by atoms with van der Waals surface area (Å²) in [7, 11) is 0. The van der Waals surface area contributed by atoms with Crippen molar-refractivity contribution in [3.8, 4) is 0 Å². The molecule has 0 aromatic heterocycles. The maximum Gasteiger partial charge on any atom is 0.191 e. The Bertz CT molecular complexity index is 502. The Hall–Kier alpha value is -1.30. The molecule has 1 unspecified atom stereocenters. The van der Waals surface area contributed by atoms with Gasteiger partial charge in [0.15, 0.2) is 5.96 Å². The lowest BCUT2D eigenvalue weighted by Gasteiger charge is -2.12. The summed E-state index contributed by atoms with van der Waals surface area (Å²) in [6, 6.07) is 7.96. The predicted molar refractivity (Wildman–Crippen MR) is 104 cm³/mol. The molecule has 1 fully saturated rings. The minimum atomic E-state index is 0.301. The van der Waals surface area contributed by atoms with E-state index in [1.807, 2.05) is 12.1 Å². The molecule has 1 aliphatic heterocycles. The van der Waals surface area contributed by atoms with Crippen molar-refractivity contribution in [2.24, 2.45) is 4.99 Å². The normalized spacial score (nSPS) is 17.7. The first-order valence-corrected chi connectivity index (χ1v) is 9.61. The van der Waals surface area contributed by atoms with Crippen LogP contribution in [-0.4, -0.2) is 51.5 Å². The smallest absolute Gasteiger partial charge is 0.191 e. The first-order valence-electron chi connectivity index (χ1n) is 9.24. The van der Waals surface area contributed by atoms with Crippen molar-refractivity contribution in [2.75, 3.05) is 39.5 Å². The minimum absolute atomic E-state index is 0.301. The third-order valence-corrected chi connectivity index (χ3v) is 4.26. The number of nitrogens with zero attached hydrogens (tertiary/aromatic N) is 1. The highest BCUT2D eigenvalue weighted by molar-refractivity contribution is 6.30. The van der Waals surface area contributed by atoms with Crippen LogP contribution in [0.4, 0.5) is 0 Å². The van der Waals surface area contributed by atoms with Gasteiger partial charge in [-0.2, -0.15) is 0 Å². The molecule has 140 valence electrons. The fourth-order valence-corrected chi connectivity index (χ4v) is 2.79. The molecule has 5 nitrogen and oxygen atoms in total. The molecule has 2 rings (SSSR count).